The van der Waals surface area contributed by atoms with E-state index in [0.717, 1.165) is 47.5 Å². The molecule has 0 radical (unpaired) electrons. The summed E-state index contributed by atoms with van der Waals surface area (Å²) < 4.78 is 0. The third-order valence-corrected chi connectivity index (χ3v) is 5.41. The van der Waals surface area contributed by atoms with Gasteiger partial charge in [-0.15, -0.1) is 0 Å². The monoisotopic (exact) mass is 328 g/mol. The molecule has 2 heterocycles. The molecule has 0 unspecified atom stereocenters. The second-order valence-corrected chi connectivity index (χ2v) is 6.95. The molecule has 1 saturated heterocycles. The van der Waals surface area contributed by atoms with Crippen molar-refractivity contribution >= 4 is 16.6 Å². The Kier molecular flexibility index (Phi) is 5.24. The highest BCUT2D eigenvalue weighted by molar-refractivity contribution is 5.83. The number of fused-ring (bicyclic) bond motifs is 1. The fraction of sp³-hybridized carbons (Fsp3) is 0.550. The Bertz CT molecular complexity index is 755. The van der Waals surface area contributed by atoms with Crippen molar-refractivity contribution in [3.8, 4) is 0 Å². The molecule has 2 aromatic rings. The number of likely N-dealkylation sites (tertiary alicyclic amines) is 1. The topological polar surface area (TPSA) is 40.5 Å². The molecule has 1 aliphatic heterocycles. The molecule has 1 aliphatic rings. The number of nitrogens with one attached hydrogen (secondary N) is 2. The van der Waals surface area contributed by atoms with Crippen LogP contribution in [0.4, 0.5) is 5.69 Å². The zero-order valence-electron chi connectivity index (χ0n) is 15.2. The van der Waals surface area contributed by atoms with Gasteiger partial charge in [-0.05, 0) is 58.2 Å². The Morgan fingerprint density at radius 1 is 1.12 bits per heavy atom. The Labute approximate surface area is 144 Å². The molecule has 1 aromatic carbocycles. The maximum absolute atomic E-state index is 13.1. The lowest BCUT2D eigenvalue weighted by Crippen LogP contribution is -3.11. The minimum Gasteiger partial charge on any atom is -0.372 e. The largest absolute Gasteiger partial charge is 0.372 e. The molecule has 4 nitrogen and oxygen atoms in total. The summed E-state index contributed by atoms with van der Waals surface area (Å²) in [6.07, 6.45) is 3.90. The van der Waals surface area contributed by atoms with Gasteiger partial charge in [-0.1, -0.05) is 0 Å². The summed E-state index contributed by atoms with van der Waals surface area (Å²) >= 11 is 0. The molecular weight excluding hydrogens is 298 g/mol. The summed E-state index contributed by atoms with van der Waals surface area (Å²) in [6.45, 7) is 11.5. The molecule has 0 aliphatic carbocycles. The number of nitrogens with zero attached hydrogens (tertiary/aromatic N) is 1. The van der Waals surface area contributed by atoms with E-state index < -0.39 is 0 Å². The van der Waals surface area contributed by atoms with Crippen molar-refractivity contribution in [2.45, 2.75) is 46.6 Å². The van der Waals surface area contributed by atoms with Gasteiger partial charge in [-0.25, -0.2) is 0 Å². The molecule has 1 aromatic heterocycles. The molecule has 4 heteroatoms. The number of quaternary nitrogens is 1. The maximum Gasteiger partial charge on any atom is 0.198 e. The number of aryl methyl sites for hydroxylation is 1. The predicted molar refractivity (Wildman–Crippen MR) is 101 cm³/mol. The summed E-state index contributed by atoms with van der Waals surface area (Å²) in [5.74, 6) is 0. The summed E-state index contributed by atoms with van der Waals surface area (Å²) in [7, 11) is 0. The maximum atomic E-state index is 13.1. The van der Waals surface area contributed by atoms with Gasteiger partial charge in [0.25, 0.3) is 0 Å². The lowest BCUT2D eigenvalue weighted by molar-refractivity contribution is -0.918. The standard InChI is InChI=1S/C20H29N3O/c1-4-23(5-2)16-9-10-19-17(13-16)20(24)18(15(3)21-19)14-22-11-7-6-8-12-22/h9-10,13H,4-8,11-12,14H2,1-3H3,(H,21,24)/p+1. The summed E-state index contributed by atoms with van der Waals surface area (Å²) in [6, 6.07) is 6.23. The van der Waals surface area contributed by atoms with Gasteiger partial charge in [0.15, 0.2) is 5.43 Å². The number of hydrogen-bond acceptors (Lipinski definition) is 2. The zero-order chi connectivity index (χ0) is 17.1. The number of piperidine rings is 1. The predicted octanol–water partition coefficient (Wildman–Crippen LogP) is 2.25. The van der Waals surface area contributed by atoms with E-state index in [0.29, 0.717) is 0 Å². The lowest BCUT2D eigenvalue weighted by atomic mass is 10.1. The van der Waals surface area contributed by atoms with Crippen LogP contribution in [-0.4, -0.2) is 31.2 Å². The molecule has 24 heavy (non-hydrogen) atoms. The Hall–Kier alpha value is -1.81. The molecule has 0 saturated carbocycles. The third kappa shape index (κ3) is 3.34. The number of benzene rings is 1. The molecule has 3 rings (SSSR count). The van der Waals surface area contributed by atoms with Crippen LogP contribution in [-0.2, 0) is 6.54 Å². The molecule has 0 atom stereocenters. The molecule has 2 N–H and O–H groups in total. The number of aromatic nitrogens is 1. The number of pyridine rings is 1. The van der Waals surface area contributed by atoms with Crippen molar-refractivity contribution in [2.75, 3.05) is 31.1 Å². The van der Waals surface area contributed by atoms with E-state index in [1.165, 1.54) is 32.4 Å². The van der Waals surface area contributed by atoms with Crippen molar-refractivity contribution in [3.05, 3.63) is 39.7 Å². The van der Waals surface area contributed by atoms with Crippen molar-refractivity contribution < 1.29 is 4.90 Å². The first-order valence-corrected chi connectivity index (χ1v) is 9.38. The number of rotatable bonds is 5. The van der Waals surface area contributed by atoms with Crippen LogP contribution >= 0.6 is 0 Å². The number of H-pyrrole nitrogens is 1. The van der Waals surface area contributed by atoms with Crippen molar-refractivity contribution in [1.82, 2.24) is 4.98 Å². The van der Waals surface area contributed by atoms with E-state index in [9.17, 15) is 4.79 Å². The van der Waals surface area contributed by atoms with Crippen molar-refractivity contribution in [3.63, 3.8) is 0 Å². The fourth-order valence-corrected chi connectivity index (χ4v) is 3.92. The Morgan fingerprint density at radius 3 is 2.50 bits per heavy atom. The van der Waals surface area contributed by atoms with Crippen LogP contribution in [0, 0.1) is 6.92 Å². The highest BCUT2D eigenvalue weighted by Gasteiger charge is 2.19. The van der Waals surface area contributed by atoms with Gasteiger partial charge in [0.2, 0.25) is 0 Å². The van der Waals surface area contributed by atoms with Crippen LogP contribution in [0.3, 0.4) is 0 Å². The first kappa shape index (κ1) is 17.0. The van der Waals surface area contributed by atoms with E-state index in [1.807, 2.05) is 6.92 Å². The molecule has 130 valence electrons. The average Bonchev–Trinajstić information content (AvgIpc) is 2.61. The van der Waals surface area contributed by atoms with E-state index in [4.69, 9.17) is 0 Å². The van der Waals surface area contributed by atoms with E-state index in [1.54, 1.807) is 4.90 Å². The summed E-state index contributed by atoms with van der Waals surface area (Å²) in [4.78, 5) is 20.4. The van der Waals surface area contributed by atoms with Crippen molar-refractivity contribution in [1.29, 1.82) is 0 Å². The van der Waals surface area contributed by atoms with Crippen molar-refractivity contribution in [2.24, 2.45) is 0 Å². The van der Waals surface area contributed by atoms with Gasteiger partial charge in [-0.2, -0.15) is 0 Å². The van der Waals surface area contributed by atoms with Gasteiger partial charge in [-0.3, -0.25) is 4.79 Å². The second-order valence-electron chi connectivity index (χ2n) is 6.95. The highest BCUT2D eigenvalue weighted by Crippen LogP contribution is 2.20. The average molecular weight is 328 g/mol. The minimum atomic E-state index is 0.216. The SMILES string of the molecule is CCN(CC)c1ccc2[nH]c(C)c(C[NH+]3CCCCC3)c(=O)c2c1. The fourth-order valence-electron chi connectivity index (χ4n) is 3.92. The molecule has 0 bridgehead atoms. The van der Waals surface area contributed by atoms with Gasteiger partial charge in [0.05, 0.1) is 18.7 Å². The Balaban J connectivity index is 2.01. The smallest absolute Gasteiger partial charge is 0.198 e. The minimum absolute atomic E-state index is 0.216. The zero-order valence-corrected chi connectivity index (χ0v) is 15.2. The highest BCUT2D eigenvalue weighted by atomic mass is 16.1. The number of hydrogen-bond donors (Lipinski definition) is 2. The first-order valence-electron chi connectivity index (χ1n) is 9.38. The summed E-state index contributed by atoms with van der Waals surface area (Å²) in [5.41, 5.74) is 4.30. The van der Waals surface area contributed by atoms with E-state index in [2.05, 4.69) is 41.9 Å². The van der Waals surface area contributed by atoms with Gasteiger partial charge in [0.1, 0.15) is 6.54 Å². The number of anilines is 1. The quantitative estimate of drug-likeness (QED) is 0.884. The summed E-state index contributed by atoms with van der Waals surface area (Å²) in [5, 5.41) is 0.830. The Morgan fingerprint density at radius 2 is 1.83 bits per heavy atom. The van der Waals surface area contributed by atoms with Crippen LogP contribution < -0.4 is 15.2 Å². The lowest BCUT2D eigenvalue weighted by Gasteiger charge is -2.24. The van der Waals surface area contributed by atoms with Crippen LogP contribution in [0.15, 0.2) is 23.0 Å². The van der Waals surface area contributed by atoms with E-state index >= 15 is 0 Å². The third-order valence-electron chi connectivity index (χ3n) is 5.41. The van der Waals surface area contributed by atoms with Crippen LogP contribution in [0.2, 0.25) is 0 Å². The first-order chi connectivity index (χ1) is 11.6. The van der Waals surface area contributed by atoms with Gasteiger partial charge < -0.3 is 14.8 Å². The normalized spacial score (nSPS) is 15.8. The molecular formula is C20H30N3O+. The molecule has 0 spiro atoms. The van der Waals surface area contributed by atoms with Crippen LogP contribution in [0.5, 0.6) is 0 Å². The van der Waals surface area contributed by atoms with Gasteiger partial charge in [0, 0.05) is 35.4 Å². The van der Waals surface area contributed by atoms with Crippen LogP contribution in [0.25, 0.3) is 10.9 Å². The van der Waals surface area contributed by atoms with Crippen LogP contribution in [0.1, 0.15) is 44.4 Å². The molecule has 1 fully saturated rings. The van der Waals surface area contributed by atoms with Gasteiger partial charge >= 0.3 is 0 Å². The number of aromatic amines is 1. The molecule has 0 amide bonds. The second kappa shape index (κ2) is 7.39. The van der Waals surface area contributed by atoms with E-state index in [-0.39, 0.29) is 5.43 Å².